The van der Waals surface area contributed by atoms with Crippen molar-refractivity contribution in [1.82, 2.24) is 9.97 Å². The summed E-state index contributed by atoms with van der Waals surface area (Å²) in [4.78, 5) is 11.1. The van der Waals surface area contributed by atoms with Gasteiger partial charge in [-0.15, -0.1) is 0 Å². The lowest BCUT2D eigenvalue weighted by atomic mass is 9.93. The van der Waals surface area contributed by atoms with E-state index < -0.39 is 11.4 Å². The number of nitrogens with zero attached hydrogens (tertiary/aromatic N) is 4. The van der Waals surface area contributed by atoms with Gasteiger partial charge in [0, 0.05) is 35.6 Å². The number of anilines is 2. The van der Waals surface area contributed by atoms with Crippen LogP contribution in [-0.2, 0) is 16.7 Å². The summed E-state index contributed by atoms with van der Waals surface area (Å²) in [6, 6.07) is 15.2. The molecule has 6 rings (SSSR count). The highest BCUT2D eigenvalue weighted by molar-refractivity contribution is 6.31. The molecule has 168 valence electrons. The summed E-state index contributed by atoms with van der Waals surface area (Å²) in [5.41, 5.74) is 12.1. The topological polar surface area (TPSA) is 88.1 Å². The van der Waals surface area contributed by atoms with Crippen molar-refractivity contribution in [3.8, 4) is 17.2 Å². The normalized spacial score (nSPS) is 16.2. The van der Waals surface area contributed by atoms with Crippen LogP contribution in [0.15, 0.2) is 54.9 Å². The molecule has 0 aliphatic carbocycles. The number of halogens is 2. The van der Waals surface area contributed by atoms with Gasteiger partial charge in [-0.3, -0.25) is 9.97 Å². The Labute approximate surface area is 200 Å². The Bertz CT molecular complexity index is 1490. The second-order valence-electron chi connectivity index (χ2n) is 8.74. The van der Waals surface area contributed by atoms with Crippen molar-refractivity contribution in [3.05, 3.63) is 82.5 Å². The maximum atomic E-state index is 14.0. The van der Waals surface area contributed by atoms with E-state index in [0.29, 0.717) is 31.7 Å². The molecule has 0 unspecified atom stereocenters. The zero-order chi connectivity index (χ0) is 23.4. The molecule has 2 aromatic heterocycles. The van der Waals surface area contributed by atoms with E-state index in [4.69, 9.17) is 22.1 Å². The number of rotatable bonds is 3. The fourth-order valence-electron chi connectivity index (χ4n) is 4.67. The van der Waals surface area contributed by atoms with Crippen molar-refractivity contribution in [2.24, 2.45) is 5.73 Å². The van der Waals surface area contributed by atoms with Gasteiger partial charge in [-0.1, -0.05) is 23.7 Å². The molecular weight excluding hydrogens is 453 g/mol. The monoisotopic (exact) mass is 471 g/mol. The molecular formula is C26H19ClFN5O. The predicted octanol–water partition coefficient (Wildman–Crippen LogP) is 4.84. The Morgan fingerprint density at radius 3 is 2.62 bits per heavy atom. The largest absolute Gasteiger partial charge is 0.377 e. The van der Waals surface area contributed by atoms with Gasteiger partial charge >= 0.3 is 0 Å². The van der Waals surface area contributed by atoms with Crippen LogP contribution in [0.2, 0.25) is 5.02 Å². The Kier molecular flexibility index (Phi) is 4.78. The van der Waals surface area contributed by atoms with Crippen LogP contribution in [0.4, 0.5) is 15.8 Å². The first-order valence-electron chi connectivity index (χ1n) is 10.9. The third-order valence-corrected chi connectivity index (χ3v) is 6.86. The Hall–Kier alpha value is -3.57. The van der Waals surface area contributed by atoms with Gasteiger partial charge < -0.3 is 15.4 Å². The average molecular weight is 472 g/mol. The smallest absolute Gasteiger partial charge is 0.142 e. The summed E-state index contributed by atoms with van der Waals surface area (Å²) in [6.45, 7) is 1.54. The summed E-state index contributed by atoms with van der Waals surface area (Å²) >= 11 is 6.10. The molecule has 2 N–H and O–H groups in total. The van der Waals surface area contributed by atoms with E-state index in [0.717, 1.165) is 44.7 Å². The number of ether oxygens (including phenoxy) is 1. The third-order valence-electron chi connectivity index (χ3n) is 6.57. The van der Waals surface area contributed by atoms with Crippen molar-refractivity contribution in [2.75, 3.05) is 24.7 Å². The van der Waals surface area contributed by atoms with Crippen LogP contribution in [-0.4, -0.2) is 29.7 Å². The first-order valence-corrected chi connectivity index (χ1v) is 11.3. The van der Waals surface area contributed by atoms with Crippen molar-refractivity contribution in [2.45, 2.75) is 12.0 Å². The minimum Gasteiger partial charge on any atom is -0.377 e. The Morgan fingerprint density at radius 2 is 1.91 bits per heavy atom. The first kappa shape index (κ1) is 21.0. The predicted molar refractivity (Wildman–Crippen MR) is 128 cm³/mol. The Balaban J connectivity index is 1.48. The molecule has 0 bridgehead atoms. The maximum absolute atomic E-state index is 14.0. The molecule has 0 saturated carbocycles. The molecule has 0 atom stereocenters. The summed E-state index contributed by atoms with van der Waals surface area (Å²) in [5, 5.41) is 10.8. The number of hydrogen-bond acceptors (Lipinski definition) is 6. The number of nitriles is 1. The molecule has 1 fully saturated rings. The highest BCUT2D eigenvalue weighted by atomic mass is 35.5. The lowest BCUT2D eigenvalue weighted by Crippen LogP contribution is -2.54. The summed E-state index contributed by atoms with van der Waals surface area (Å²) < 4.78 is 19.3. The van der Waals surface area contributed by atoms with Gasteiger partial charge in [0.05, 0.1) is 40.7 Å². The molecule has 4 aromatic rings. The fourth-order valence-corrected chi connectivity index (χ4v) is 4.83. The Morgan fingerprint density at radius 1 is 1.09 bits per heavy atom. The average Bonchev–Trinajstić information content (AvgIpc) is 3.23. The number of aromatic nitrogens is 2. The molecule has 0 amide bonds. The molecule has 6 nitrogen and oxygen atoms in total. The zero-order valence-corrected chi connectivity index (χ0v) is 18.8. The van der Waals surface area contributed by atoms with Crippen LogP contribution in [0.1, 0.15) is 16.8 Å². The van der Waals surface area contributed by atoms with Crippen LogP contribution in [0.3, 0.4) is 0 Å². The number of hydrogen-bond donors (Lipinski definition) is 1. The van der Waals surface area contributed by atoms with Crippen LogP contribution in [0, 0.1) is 17.1 Å². The number of pyridine rings is 2. The van der Waals surface area contributed by atoms with Crippen LogP contribution in [0.5, 0.6) is 0 Å². The first-order chi connectivity index (χ1) is 16.5. The van der Waals surface area contributed by atoms with E-state index in [1.165, 1.54) is 6.07 Å². The summed E-state index contributed by atoms with van der Waals surface area (Å²) in [5.74, 6) is -0.437. The summed E-state index contributed by atoms with van der Waals surface area (Å²) in [7, 11) is 0. The van der Waals surface area contributed by atoms with E-state index in [1.807, 2.05) is 35.2 Å². The van der Waals surface area contributed by atoms with Crippen molar-refractivity contribution in [1.29, 1.82) is 5.26 Å². The number of fused-ring (bicyclic) bond motifs is 2. The molecule has 2 aliphatic rings. The van der Waals surface area contributed by atoms with E-state index in [9.17, 15) is 9.65 Å². The molecule has 34 heavy (non-hydrogen) atoms. The van der Waals surface area contributed by atoms with Gasteiger partial charge in [-0.25, -0.2) is 4.39 Å². The van der Waals surface area contributed by atoms with Crippen molar-refractivity contribution >= 4 is 33.9 Å². The summed E-state index contributed by atoms with van der Waals surface area (Å²) in [6.07, 6.45) is 4.05. The second-order valence-corrected chi connectivity index (χ2v) is 9.15. The second kappa shape index (κ2) is 7.74. The van der Waals surface area contributed by atoms with Gasteiger partial charge in [0.15, 0.2) is 0 Å². The molecule has 0 radical (unpaired) electrons. The standard InChI is InChI=1S/C26H19ClFN5O/c27-20-9-23-16(8-21(20)28)5-6-33(23)25-18(10-29)12-31-22-3-1-15(7-19(22)25)17-2-4-24(32-11-17)26(30)13-34-14-26/h1-4,7-9,11-12H,5-6,13-14,30H2. The quantitative estimate of drug-likeness (QED) is 0.460. The third kappa shape index (κ3) is 3.23. The van der Waals surface area contributed by atoms with Gasteiger partial charge in [0.2, 0.25) is 0 Å². The van der Waals surface area contributed by atoms with Gasteiger partial charge in [-0.05, 0) is 47.9 Å². The maximum Gasteiger partial charge on any atom is 0.142 e. The number of nitrogens with two attached hydrogens (primary N) is 1. The van der Waals surface area contributed by atoms with E-state index >= 15 is 0 Å². The SMILES string of the molecule is N#Cc1cnc2ccc(-c3ccc(C4(N)COC4)nc3)cc2c1N1CCc2cc(F)c(Cl)cc21. The van der Waals surface area contributed by atoms with E-state index in [-0.39, 0.29) is 5.02 Å². The van der Waals surface area contributed by atoms with Gasteiger partial charge in [0.25, 0.3) is 0 Å². The lowest BCUT2D eigenvalue weighted by molar-refractivity contribution is -0.0590. The van der Waals surface area contributed by atoms with Crippen molar-refractivity contribution < 1.29 is 9.13 Å². The highest BCUT2D eigenvalue weighted by Gasteiger charge is 2.37. The fraction of sp³-hybridized carbons (Fsp3) is 0.192. The van der Waals surface area contributed by atoms with E-state index in [2.05, 4.69) is 16.0 Å². The van der Waals surface area contributed by atoms with Gasteiger partial charge in [0.1, 0.15) is 17.4 Å². The van der Waals surface area contributed by atoms with Crippen LogP contribution < -0.4 is 10.6 Å². The van der Waals surface area contributed by atoms with Gasteiger partial charge in [-0.2, -0.15) is 5.26 Å². The minimum absolute atomic E-state index is 0.0592. The molecule has 0 spiro atoms. The molecule has 2 aromatic carbocycles. The lowest BCUT2D eigenvalue weighted by Gasteiger charge is -2.37. The highest BCUT2D eigenvalue weighted by Crippen LogP contribution is 2.42. The molecule has 2 aliphatic heterocycles. The zero-order valence-electron chi connectivity index (χ0n) is 18.1. The molecule has 8 heteroatoms. The van der Waals surface area contributed by atoms with Crippen molar-refractivity contribution in [3.63, 3.8) is 0 Å². The van der Waals surface area contributed by atoms with Crippen LogP contribution >= 0.6 is 11.6 Å². The number of benzene rings is 2. The van der Waals surface area contributed by atoms with E-state index in [1.54, 1.807) is 18.5 Å². The van der Waals surface area contributed by atoms with Crippen LogP contribution in [0.25, 0.3) is 22.0 Å². The molecule has 1 saturated heterocycles. The minimum atomic E-state index is -0.523. The molecule has 4 heterocycles.